The second kappa shape index (κ2) is 18.2. The van der Waals surface area contributed by atoms with E-state index >= 15 is 0 Å². The van der Waals surface area contributed by atoms with Crippen molar-refractivity contribution in [3.8, 4) is 84.6 Å². The molecule has 0 fully saturated rings. The van der Waals surface area contributed by atoms with E-state index in [4.69, 9.17) is 29.9 Å². The van der Waals surface area contributed by atoms with Crippen molar-refractivity contribution in [3.63, 3.8) is 0 Å². The molecule has 0 unspecified atom stereocenters. The Kier molecular flexibility index (Phi) is 11.4. The predicted molar refractivity (Wildman–Crippen MR) is 297 cm³/mol. The fraction of sp³-hybridized carbons (Fsp3) is 0. The van der Waals surface area contributed by atoms with Gasteiger partial charge >= 0.3 is 0 Å². The first-order valence-corrected chi connectivity index (χ1v) is 29.6. The minimum absolute atomic E-state index is 0.148. The highest BCUT2D eigenvalue weighted by Crippen LogP contribution is 2.48. The molecule has 0 saturated heterocycles. The number of nitrogens with one attached hydrogen (secondary N) is 1. The number of fused-ring (bicyclic) bond motifs is 20. The fourth-order valence-corrected chi connectivity index (χ4v) is 12.0. The van der Waals surface area contributed by atoms with Crippen molar-refractivity contribution in [2.24, 2.45) is 0 Å². The minimum Gasteiger partial charge on any atom is -0.324 e. The highest BCUT2D eigenvalue weighted by atomic mass is 32.2. The number of H-pyrrole nitrogens is 1. The summed E-state index contributed by atoms with van der Waals surface area (Å²) >= 11 is 0. The van der Waals surface area contributed by atoms with Crippen LogP contribution < -0.4 is 0 Å². The second-order valence-electron chi connectivity index (χ2n) is 18.5. The largest absolute Gasteiger partial charge is 0.324 e. The van der Waals surface area contributed by atoms with E-state index in [1.807, 2.05) is 60.7 Å². The van der Waals surface area contributed by atoms with Gasteiger partial charge < -0.3 is 4.98 Å². The maximum absolute atomic E-state index is 12.5. The molecular formula is C56H34N8O12S4. The Morgan fingerprint density at radius 2 is 0.688 bits per heavy atom. The molecule has 0 radical (unpaired) electrons. The summed E-state index contributed by atoms with van der Waals surface area (Å²) < 4.78 is 141. The third kappa shape index (κ3) is 8.59. The van der Waals surface area contributed by atoms with Crippen molar-refractivity contribution < 1.29 is 51.9 Å². The smallest absolute Gasteiger partial charge is 0.294 e. The zero-order valence-electron chi connectivity index (χ0n) is 40.6. The molecule has 0 spiro atoms. The van der Waals surface area contributed by atoms with Crippen LogP contribution in [0.3, 0.4) is 0 Å². The Labute approximate surface area is 453 Å². The molecule has 13 rings (SSSR count). The van der Waals surface area contributed by atoms with E-state index in [9.17, 15) is 51.9 Å². The molecule has 11 aromatic rings. The predicted octanol–water partition coefficient (Wildman–Crippen LogP) is 10.3. The van der Waals surface area contributed by atoms with Crippen LogP contribution in [-0.2, 0) is 40.5 Å². The third-order valence-corrected chi connectivity index (χ3v) is 17.2. The topological polar surface area (TPSA) is 316 Å². The van der Waals surface area contributed by atoms with E-state index in [1.54, 1.807) is 22.8 Å². The van der Waals surface area contributed by atoms with Crippen LogP contribution in [0.1, 0.15) is 0 Å². The molecule has 20 nitrogen and oxygen atoms in total. The number of hydrogen-bond donors (Lipinski definition) is 5. The SMILES string of the molecule is O=S(=O)(O)c1ccc(-c2cc3c4nc5nc(nc6c7ccccc7c(nc7nc(nc([nH]4)c3c(-c3ccc(S(=O)(=O)O)cc3)c2-c2ccc(S(=O)(=O)O)cc2)-c2ccccc2-7)n6-c2ccc(S(=O)(=O)O)cc2)-c2ccccc2-5)cc1. The maximum Gasteiger partial charge on any atom is 0.294 e. The summed E-state index contributed by atoms with van der Waals surface area (Å²) in [5.74, 6) is 0.801. The van der Waals surface area contributed by atoms with E-state index in [0.717, 1.165) is 0 Å². The van der Waals surface area contributed by atoms with Gasteiger partial charge in [0.05, 0.1) is 19.6 Å². The summed E-state index contributed by atoms with van der Waals surface area (Å²) in [6, 6.07) is 45.1. The van der Waals surface area contributed by atoms with Crippen molar-refractivity contribution >= 4 is 84.6 Å². The Morgan fingerprint density at radius 3 is 1.10 bits per heavy atom. The van der Waals surface area contributed by atoms with Crippen LogP contribution in [0.5, 0.6) is 0 Å². The Hall–Kier alpha value is -9.24. The first kappa shape index (κ1) is 50.3. The Bertz CT molecular complexity index is 5160. The number of benzene rings is 8. The van der Waals surface area contributed by atoms with Gasteiger partial charge in [0, 0.05) is 55.0 Å². The van der Waals surface area contributed by atoms with Gasteiger partial charge in [0.15, 0.2) is 23.3 Å². The Morgan fingerprint density at radius 1 is 0.338 bits per heavy atom. The van der Waals surface area contributed by atoms with Crippen molar-refractivity contribution in [2.75, 3.05) is 0 Å². The number of aromatic amines is 1. The van der Waals surface area contributed by atoms with Gasteiger partial charge in [-0.15, -0.1) is 0 Å². The molecule has 24 heteroatoms. The van der Waals surface area contributed by atoms with E-state index in [-0.39, 0.29) is 39.5 Å². The third-order valence-electron chi connectivity index (χ3n) is 13.7. The van der Waals surface area contributed by atoms with Crippen LogP contribution >= 0.6 is 0 Å². The van der Waals surface area contributed by atoms with E-state index in [2.05, 4.69) is 4.98 Å². The molecule has 0 atom stereocenters. The summed E-state index contributed by atoms with van der Waals surface area (Å²) in [5, 5.41) is 1.99. The van der Waals surface area contributed by atoms with Crippen molar-refractivity contribution in [2.45, 2.75) is 19.6 Å². The number of hydrogen-bond acceptors (Lipinski definition) is 14. The summed E-state index contributed by atoms with van der Waals surface area (Å²) in [5.41, 5.74) is 5.81. The zero-order valence-corrected chi connectivity index (χ0v) is 43.8. The monoisotopic (exact) mass is 1140 g/mol. The van der Waals surface area contributed by atoms with Gasteiger partial charge in [0.1, 0.15) is 22.6 Å². The molecule has 8 aromatic carbocycles. The van der Waals surface area contributed by atoms with E-state index in [0.29, 0.717) is 94.2 Å². The zero-order chi connectivity index (χ0) is 55.6. The van der Waals surface area contributed by atoms with Crippen LogP contribution in [0, 0.1) is 0 Å². The number of aromatic nitrogens is 8. The molecule has 0 amide bonds. The molecule has 80 heavy (non-hydrogen) atoms. The average molecular weight is 1140 g/mol. The van der Waals surface area contributed by atoms with Gasteiger partial charge in [-0.25, -0.2) is 29.9 Å². The first-order valence-electron chi connectivity index (χ1n) is 23.8. The van der Waals surface area contributed by atoms with E-state index in [1.165, 1.54) is 97.1 Å². The summed E-state index contributed by atoms with van der Waals surface area (Å²) in [4.78, 5) is 33.0. The molecular weight excluding hydrogens is 1100 g/mol. The van der Waals surface area contributed by atoms with Gasteiger partial charge in [0.2, 0.25) is 0 Å². The highest BCUT2D eigenvalue weighted by Gasteiger charge is 2.28. The second-order valence-corrected chi connectivity index (χ2v) is 24.2. The number of rotatable bonds is 8. The first-order chi connectivity index (χ1) is 38.2. The van der Waals surface area contributed by atoms with E-state index < -0.39 is 55.2 Å². The van der Waals surface area contributed by atoms with Gasteiger partial charge in [-0.1, -0.05) is 109 Å². The normalized spacial score (nSPS) is 12.7. The van der Waals surface area contributed by atoms with Crippen LogP contribution in [0.25, 0.3) is 129 Å². The van der Waals surface area contributed by atoms with Crippen LogP contribution in [0.15, 0.2) is 196 Å². The lowest BCUT2D eigenvalue weighted by atomic mass is 9.85. The summed E-state index contributed by atoms with van der Waals surface area (Å²) in [6.07, 6.45) is 0. The summed E-state index contributed by atoms with van der Waals surface area (Å²) in [7, 11) is -18.7. The molecule has 2 aliphatic rings. The molecule has 394 valence electrons. The van der Waals surface area contributed by atoms with Crippen LogP contribution in [0.4, 0.5) is 0 Å². The minimum atomic E-state index is -4.71. The lowest BCUT2D eigenvalue weighted by molar-refractivity contribution is 0.481. The molecule has 3 aromatic heterocycles. The quantitative estimate of drug-likeness (QED) is 0.0883. The lowest BCUT2D eigenvalue weighted by Gasteiger charge is -2.19. The van der Waals surface area contributed by atoms with Gasteiger partial charge in [-0.05, 0) is 94.5 Å². The molecule has 0 aliphatic carbocycles. The standard InChI is InChI=1S/C56H34N8O12S4/c65-77(66,67)34-21-13-30(14-22-34)44-29-45-48(47(32-17-25-36(26-18-32)79(71,72)73)46(44)31-15-23-35(24-16-31)78(68,69)70)54-60-50-39-8-2-4-10-41(39)52(58-50)63-56-43-12-6-5-11-42(43)55(64(56)33-19-27-37(28-20-33)80(74,75)76)62-51-40-9-3-1-7-38(40)49(57-51)59-53(45)61-54/h1-29H,(H,65,66,67)(H,68,69,70)(H,71,72,73)(H,74,75,76)(H,57,58,59,60,61,62,63). The molecule has 5 N–H and O–H groups in total. The fourth-order valence-electron chi connectivity index (χ4n) is 10.1. The van der Waals surface area contributed by atoms with Crippen LogP contribution in [-0.4, -0.2) is 91.3 Å². The van der Waals surface area contributed by atoms with Crippen LogP contribution in [0.2, 0.25) is 0 Å². The lowest BCUT2D eigenvalue weighted by Crippen LogP contribution is -2.01. The van der Waals surface area contributed by atoms with Crippen molar-refractivity contribution in [1.29, 1.82) is 0 Å². The van der Waals surface area contributed by atoms with Gasteiger partial charge in [-0.2, -0.15) is 33.7 Å². The highest BCUT2D eigenvalue weighted by molar-refractivity contribution is 7.86. The summed E-state index contributed by atoms with van der Waals surface area (Å²) in [6.45, 7) is 0. The van der Waals surface area contributed by atoms with Crippen molar-refractivity contribution in [1.82, 2.24) is 39.5 Å². The molecule has 0 saturated carbocycles. The maximum atomic E-state index is 12.5. The van der Waals surface area contributed by atoms with Crippen molar-refractivity contribution in [3.05, 3.63) is 176 Å². The Balaban J connectivity index is 1.24. The van der Waals surface area contributed by atoms with Gasteiger partial charge in [0.25, 0.3) is 40.5 Å². The van der Waals surface area contributed by atoms with Gasteiger partial charge in [-0.3, -0.25) is 22.8 Å². The number of nitrogens with zero attached hydrogens (tertiary/aromatic N) is 7. The molecule has 8 bridgehead atoms. The molecule has 5 heterocycles. The average Bonchev–Trinajstić information content (AvgIpc) is 3.63. The molecule has 2 aliphatic heterocycles.